The summed E-state index contributed by atoms with van der Waals surface area (Å²) in [4.78, 5) is 29.5. The highest BCUT2D eigenvalue weighted by Crippen LogP contribution is 2.46. The number of benzene rings is 2. The van der Waals surface area contributed by atoms with Crippen LogP contribution in [0, 0.1) is 6.92 Å². The van der Waals surface area contributed by atoms with Crippen LogP contribution >= 0.6 is 11.6 Å². The van der Waals surface area contributed by atoms with Crippen LogP contribution in [0.1, 0.15) is 53.6 Å². The number of anilines is 2. The first-order valence-corrected chi connectivity index (χ1v) is 11.9. The molecule has 6 nitrogen and oxygen atoms in total. The summed E-state index contributed by atoms with van der Waals surface area (Å²) in [5.74, 6) is 0.0879. The lowest BCUT2D eigenvalue weighted by Crippen LogP contribution is -2.53. The monoisotopic (exact) mass is 452 g/mol. The standard InChI is InChI=1S/C25H29ClN4O2/c1-17-6-5-7-18(14-17)23(31)30-12-10-29(11-13-30)19-15-20-22(21(26)16-19)27-24(32)28-25(20)8-3-2-4-9-25/h5-7,14-16H,2-4,8-13H2,1H3,(H2,27,28,32). The molecule has 5 rings (SSSR count). The van der Waals surface area contributed by atoms with Gasteiger partial charge < -0.3 is 20.4 Å². The molecule has 1 spiro atoms. The lowest BCUT2D eigenvalue weighted by molar-refractivity contribution is 0.0746. The average molecular weight is 453 g/mol. The Kier molecular flexibility index (Phi) is 5.49. The lowest BCUT2D eigenvalue weighted by Gasteiger charge is -2.44. The topological polar surface area (TPSA) is 64.7 Å². The van der Waals surface area contributed by atoms with Gasteiger partial charge >= 0.3 is 6.03 Å². The first-order chi connectivity index (χ1) is 15.4. The molecule has 2 aromatic carbocycles. The number of nitrogens with zero attached hydrogens (tertiary/aromatic N) is 2. The van der Waals surface area contributed by atoms with Gasteiger partial charge in [-0.15, -0.1) is 0 Å². The number of piperazine rings is 1. The van der Waals surface area contributed by atoms with Gasteiger partial charge in [-0.1, -0.05) is 48.6 Å². The molecule has 2 heterocycles. The van der Waals surface area contributed by atoms with Gasteiger partial charge in [-0.3, -0.25) is 4.79 Å². The Morgan fingerprint density at radius 3 is 2.50 bits per heavy atom. The van der Waals surface area contributed by atoms with Crippen LogP contribution in [0.4, 0.5) is 16.2 Å². The van der Waals surface area contributed by atoms with Crippen molar-refractivity contribution in [1.29, 1.82) is 0 Å². The van der Waals surface area contributed by atoms with E-state index < -0.39 is 0 Å². The van der Waals surface area contributed by atoms with Gasteiger partial charge in [0.25, 0.3) is 5.91 Å². The van der Waals surface area contributed by atoms with Gasteiger partial charge in [-0.2, -0.15) is 0 Å². The fourth-order valence-electron chi connectivity index (χ4n) is 5.39. The molecule has 2 fully saturated rings. The molecule has 0 bridgehead atoms. The first-order valence-electron chi connectivity index (χ1n) is 11.5. The van der Waals surface area contributed by atoms with Crippen molar-refractivity contribution in [2.75, 3.05) is 36.4 Å². The van der Waals surface area contributed by atoms with Crippen LogP contribution in [-0.4, -0.2) is 43.0 Å². The van der Waals surface area contributed by atoms with Gasteiger partial charge in [0.05, 0.1) is 16.2 Å². The largest absolute Gasteiger partial charge is 0.368 e. The van der Waals surface area contributed by atoms with Crippen LogP contribution in [0.5, 0.6) is 0 Å². The van der Waals surface area contributed by atoms with Crippen molar-refractivity contribution in [2.45, 2.75) is 44.6 Å². The summed E-state index contributed by atoms with van der Waals surface area (Å²) in [5.41, 5.74) is 4.40. The molecule has 1 aliphatic carbocycles. The van der Waals surface area contributed by atoms with E-state index in [9.17, 15) is 9.59 Å². The van der Waals surface area contributed by atoms with Crippen LogP contribution in [0.2, 0.25) is 5.02 Å². The summed E-state index contributed by atoms with van der Waals surface area (Å²) in [6.07, 6.45) is 5.27. The van der Waals surface area contributed by atoms with Crippen LogP contribution in [0.3, 0.4) is 0 Å². The number of amides is 3. The van der Waals surface area contributed by atoms with Gasteiger partial charge in [-0.25, -0.2) is 4.79 Å². The van der Waals surface area contributed by atoms with E-state index >= 15 is 0 Å². The number of nitrogens with one attached hydrogen (secondary N) is 2. The Hall–Kier alpha value is -2.73. The van der Waals surface area contributed by atoms with Gasteiger partial charge in [0, 0.05) is 43.0 Å². The van der Waals surface area contributed by atoms with Crippen LogP contribution in [-0.2, 0) is 5.54 Å². The second-order valence-corrected chi connectivity index (χ2v) is 9.63. The molecule has 2 aliphatic heterocycles. The summed E-state index contributed by atoms with van der Waals surface area (Å²) >= 11 is 6.67. The Morgan fingerprint density at radius 1 is 1.03 bits per heavy atom. The van der Waals surface area contributed by atoms with Crippen molar-refractivity contribution in [1.82, 2.24) is 10.2 Å². The van der Waals surface area contributed by atoms with E-state index in [-0.39, 0.29) is 17.5 Å². The number of rotatable bonds is 2. The fourth-order valence-corrected chi connectivity index (χ4v) is 5.65. The second-order valence-electron chi connectivity index (χ2n) is 9.22. The zero-order valence-corrected chi connectivity index (χ0v) is 19.2. The predicted molar refractivity (Wildman–Crippen MR) is 128 cm³/mol. The van der Waals surface area contributed by atoms with E-state index in [1.165, 1.54) is 6.42 Å². The minimum atomic E-state index is -0.335. The number of carbonyl (C=O) groups excluding carboxylic acids is 2. The van der Waals surface area contributed by atoms with E-state index in [1.807, 2.05) is 42.2 Å². The molecule has 2 aromatic rings. The summed E-state index contributed by atoms with van der Waals surface area (Å²) in [5, 5.41) is 6.71. The Labute approximate surface area is 193 Å². The van der Waals surface area contributed by atoms with Crippen molar-refractivity contribution in [3.63, 3.8) is 0 Å². The first kappa shape index (κ1) is 21.1. The van der Waals surface area contributed by atoms with E-state index in [1.54, 1.807) is 0 Å². The Bertz CT molecular complexity index is 1060. The molecule has 1 saturated carbocycles. The molecule has 3 amide bonds. The molecular weight excluding hydrogens is 424 g/mol. The zero-order valence-electron chi connectivity index (χ0n) is 18.4. The van der Waals surface area contributed by atoms with Gasteiger partial charge in [-0.05, 0) is 44.0 Å². The maximum Gasteiger partial charge on any atom is 0.319 e. The van der Waals surface area contributed by atoms with Crippen molar-refractivity contribution >= 4 is 34.9 Å². The molecule has 3 aliphatic rings. The fraction of sp³-hybridized carbons (Fsp3) is 0.440. The summed E-state index contributed by atoms with van der Waals surface area (Å²) in [7, 11) is 0. The number of hydrogen-bond donors (Lipinski definition) is 2. The van der Waals surface area contributed by atoms with Gasteiger partial charge in [0.2, 0.25) is 0 Å². The van der Waals surface area contributed by atoms with Crippen molar-refractivity contribution in [3.05, 3.63) is 58.1 Å². The number of hydrogen-bond acceptors (Lipinski definition) is 3. The SMILES string of the molecule is Cc1cccc(C(=O)N2CCN(c3cc(Cl)c4c(c3)C3(CCCCC3)NC(=O)N4)CC2)c1. The van der Waals surface area contributed by atoms with E-state index in [4.69, 9.17) is 11.6 Å². The summed E-state index contributed by atoms with van der Waals surface area (Å²) < 4.78 is 0. The van der Waals surface area contributed by atoms with E-state index in [2.05, 4.69) is 21.6 Å². The molecule has 168 valence electrons. The number of halogens is 1. The highest BCUT2D eigenvalue weighted by atomic mass is 35.5. The molecule has 0 radical (unpaired) electrons. The lowest BCUT2D eigenvalue weighted by atomic mass is 9.75. The number of aryl methyl sites for hydroxylation is 1. The third-order valence-corrected chi connectivity index (χ3v) is 7.38. The minimum Gasteiger partial charge on any atom is -0.368 e. The quantitative estimate of drug-likeness (QED) is 0.680. The molecule has 0 aromatic heterocycles. The van der Waals surface area contributed by atoms with E-state index in [0.29, 0.717) is 18.1 Å². The van der Waals surface area contributed by atoms with Gasteiger partial charge in [0.15, 0.2) is 0 Å². The predicted octanol–water partition coefficient (Wildman–Crippen LogP) is 4.91. The van der Waals surface area contributed by atoms with E-state index in [0.717, 1.165) is 66.8 Å². The number of fused-ring (bicyclic) bond motifs is 2. The van der Waals surface area contributed by atoms with Crippen molar-refractivity contribution in [2.24, 2.45) is 0 Å². The Balaban J connectivity index is 1.37. The molecule has 0 unspecified atom stereocenters. The maximum atomic E-state index is 12.9. The molecule has 1 saturated heterocycles. The number of urea groups is 1. The smallest absolute Gasteiger partial charge is 0.319 e. The molecule has 0 atom stereocenters. The second kappa shape index (κ2) is 8.32. The molecule has 32 heavy (non-hydrogen) atoms. The van der Waals surface area contributed by atoms with Crippen molar-refractivity contribution in [3.8, 4) is 0 Å². The average Bonchev–Trinajstić information content (AvgIpc) is 2.80. The van der Waals surface area contributed by atoms with Crippen LogP contribution < -0.4 is 15.5 Å². The highest BCUT2D eigenvalue weighted by Gasteiger charge is 2.41. The third-order valence-electron chi connectivity index (χ3n) is 7.09. The normalized spacial score (nSPS) is 19.9. The zero-order chi connectivity index (χ0) is 22.3. The maximum absolute atomic E-state index is 12.9. The summed E-state index contributed by atoms with van der Waals surface area (Å²) in [6, 6.07) is 11.7. The van der Waals surface area contributed by atoms with Crippen LogP contribution in [0.25, 0.3) is 0 Å². The Morgan fingerprint density at radius 2 is 1.78 bits per heavy atom. The van der Waals surface area contributed by atoms with Crippen LogP contribution in [0.15, 0.2) is 36.4 Å². The molecule has 7 heteroatoms. The molecule has 2 N–H and O–H groups in total. The number of carbonyl (C=O) groups is 2. The molecular formula is C25H29ClN4O2. The highest BCUT2D eigenvalue weighted by molar-refractivity contribution is 6.34. The van der Waals surface area contributed by atoms with Crippen molar-refractivity contribution < 1.29 is 9.59 Å². The minimum absolute atomic E-state index is 0.0879. The third kappa shape index (κ3) is 3.81. The summed E-state index contributed by atoms with van der Waals surface area (Å²) in [6.45, 7) is 4.84. The van der Waals surface area contributed by atoms with Gasteiger partial charge in [0.1, 0.15) is 0 Å².